The number of ether oxygens (including phenoxy) is 1. The first-order chi connectivity index (χ1) is 9.95. The predicted octanol–water partition coefficient (Wildman–Crippen LogP) is 2.19. The van der Waals surface area contributed by atoms with Crippen LogP contribution in [0.5, 0.6) is 0 Å². The lowest BCUT2D eigenvalue weighted by atomic mass is 9.89. The molecule has 1 unspecified atom stereocenters. The number of aliphatic hydroxyl groups is 1. The zero-order chi connectivity index (χ0) is 15.3. The number of rotatable bonds is 5. The van der Waals surface area contributed by atoms with E-state index in [0.29, 0.717) is 13.0 Å². The van der Waals surface area contributed by atoms with Gasteiger partial charge in [0.25, 0.3) is 0 Å². The van der Waals surface area contributed by atoms with Gasteiger partial charge in [0.05, 0.1) is 5.60 Å². The van der Waals surface area contributed by atoms with Crippen molar-refractivity contribution in [3.05, 3.63) is 0 Å². The summed E-state index contributed by atoms with van der Waals surface area (Å²) in [5.41, 5.74) is -0.0409. The summed E-state index contributed by atoms with van der Waals surface area (Å²) in [6.07, 6.45) is 7.29. The molecule has 5 heteroatoms. The Morgan fingerprint density at radius 3 is 2.76 bits per heavy atom. The van der Waals surface area contributed by atoms with Crippen molar-refractivity contribution in [1.82, 2.24) is 10.6 Å². The second kappa shape index (κ2) is 6.97. The fourth-order valence-electron chi connectivity index (χ4n) is 3.47. The number of nitrogens with one attached hydrogen (secondary N) is 2. The monoisotopic (exact) mass is 298 g/mol. The van der Waals surface area contributed by atoms with Gasteiger partial charge in [-0.3, -0.25) is 0 Å². The van der Waals surface area contributed by atoms with Crippen LogP contribution in [0.2, 0.25) is 0 Å². The topological polar surface area (TPSA) is 70.6 Å². The van der Waals surface area contributed by atoms with Gasteiger partial charge in [-0.2, -0.15) is 0 Å². The standard InChI is InChI=1S/C16H30N2O3/c1-15(2,8-9-19)12-17-14(20)18-13-5-10-21-16(11-13)6-3-4-7-16/h13,19H,3-12H2,1-2H3,(H2,17,18,20). The van der Waals surface area contributed by atoms with Crippen molar-refractivity contribution in [2.75, 3.05) is 19.8 Å². The smallest absolute Gasteiger partial charge is 0.315 e. The van der Waals surface area contributed by atoms with E-state index in [9.17, 15) is 4.79 Å². The molecule has 1 saturated heterocycles. The van der Waals surface area contributed by atoms with Crippen molar-refractivity contribution in [3.63, 3.8) is 0 Å². The second-order valence-electron chi connectivity index (χ2n) is 7.39. The van der Waals surface area contributed by atoms with E-state index in [1.165, 1.54) is 12.8 Å². The molecule has 1 heterocycles. The Morgan fingerprint density at radius 2 is 2.10 bits per heavy atom. The van der Waals surface area contributed by atoms with Crippen LogP contribution in [0.3, 0.4) is 0 Å². The van der Waals surface area contributed by atoms with Crippen LogP contribution in [-0.4, -0.2) is 42.5 Å². The van der Waals surface area contributed by atoms with Crippen molar-refractivity contribution >= 4 is 6.03 Å². The highest BCUT2D eigenvalue weighted by Gasteiger charge is 2.40. The Labute approximate surface area is 127 Å². The molecule has 0 aromatic rings. The molecule has 1 aliphatic heterocycles. The SMILES string of the molecule is CC(C)(CCO)CNC(=O)NC1CCOC2(CCCC2)C1. The summed E-state index contributed by atoms with van der Waals surface area (Å²) in [4.78, 5) is 12.0. The summed E-state index contributed by atoms with van der Waals surface area (Å²) in [7, 11) is 0. The number of amides is 2. The maximum absolute atomic E-state index is 12.0. The predicted molar refractivity (Wildman–Crippen MR) is 82.2 cm³/mol. The first-order valence-corrected chi connectivity index (χ1v) is 8.24. The van der Waals surface area contributed by atoms with Crippen molar-refractivity contribution in [2.24, 2.45) is 5.41 Å². The number of carbonyl (C=O) groups excluding carboxylic acids is 1. The number of aliphatic hydroxyl groups excluding tert-OH is 1. The molecule has 1 atom stereocenters. The molecular formula is C16H30N2O3. The minimum Gasteiger partial charge on any atom is -0.396 e. The van der Waals surface area contributed by atoms with Crippen LogP contribution in [0.4, 0.5) is 4.79 Å². The van der Waals surface area contributed by atoms with E-state index >= 15 is 0 Å². The summed E-state index contributed by atoms with van der Waals surface area (Å²) in [6, 6.07) is 0.124. The number of carbonyl (C=O) groups is 1. The normalized spacial score (nSPS) is 25.0. The molecule has 1 saturated carbocycles. The molecule has 122 valence electrons. The van der Waals surface area contributed by atoms with Crippen LogP contribution >= 0.6 is 0 Å². The Morgan fingerprint density at radius 1 is 1.38 bits per heavy atom. The lowest BCUT2D eigenvalue weighted by Crippen LogP contribution is -2.51. The van der Waals surface area contributed by atoms with Crippen molar-refractivity contribution in [1.29, 1.82) is 0 Å². The summed E-state index contributed by atoms with van der Waals surface area (Å²) in [6.45, 7) is 5.57. The van der Waals surface area contributed by atoms with Gasteiger partial charge in [-0.05, 0) is 37.5 Å². The summed E-state index contributed by atoms with van der Waals surface area (Å²) in [5.74, 6) is 0. The zero-order valence-electron chi connectivity index (χ0n) is 13.4. The molecule has 0 radical (unpaired) electrons. The molecule has 1 spiro atoms. The van der Waals surface area contributed by atoms with Gasteiger partial charge in [0, 0.05) is 25.8 Å². The van der Waals surface area contributed by atoms with E-state index in [0.717, 1.165) is 32.3 Å². The Bertz CT molecular complexity index is 351. The first-order valence-electron chi connectivity index (χ1n) is 8.24. The summed E-state index contributed by atoms with van der Waals surface area (Å²) >= 11 is 0. The molecule has 0 aromatic carbocycles. The minimum atomic E-state index is -0.0962. The first kappa shape index (κ1) is 16.6. The second-order valence-corrected chi connectivity index (χ2v) is 7.39. The maximum Gasteiger partial charge on any atom is 0.315 e. The minimum absolute atomic E-state index is 0.0341. The Hall–Kier alpha value is -0.810. The number of urea groups is 1. The van der Waals surface area contributed by atoms with Gasteiger partial charge in [-0.1, -0.05) is 26.7 Å². The van der Waals surface area contributed by atoms with Gasteiger partial charge < -0.3 is 20.5 Å². The van der Waals surface area contributed by atoms with Crippen molar-refractivity contribution in [3.8, 4) is 0 Å². The fourth-order valence-corrected chi connectivity index (χ4v) is 3.47. The molecule has 0 aromatic heterocycles. The van der Waals surface area contributed by atoms with Gasteiger partial charge in [-0.15, -0.1) is 0 Å². The molecule has 2 aliphatic rings. The molecule has 0 bridgehead atoms. The molecule has 2 rings (SSSR count). The van der Waals surface area contributed by atoms with Gasteiger partial charge in [0.15, 0.2) is 0 Å². The van der Waals surface area contributed by atoms with Gasteiger partial charge >= 0.3 is 6.03 Å². The highest BCUT2D eigenvalue weighted by molar-refractivity contribution is 5.74. The van der Waals surface area contributed by atoms with Gasteiger partial charge in [-0.25, -0.2) is 4.79 Å². The van der Waals surface area contributed by atoms with E-state index in [2.05, 4.69) is 10.6 Å². The fraction of sp³-hybridized carbons (Fsp3) is 0.938. The van der Waals surface area contributed by atoms with Crippen LogP contribution in [0.25, 0.3) is 0 Å². The lowest BCUT2D eigenvalue weighted by Gasteiger charge is -2.38. The number of hydrogen-bond donors (Lipinski definition) is 3. The van der Waals surface area contributed by atoms with Crippen LogP contribution < -0.4 is 10.6 Å². The molecule has 1 aliphatic carbocycles. The number of hydrogen-bond acceptors (Lipinski definition) is 3. The van der Waals surface area contributed by atoms with Crippen LogP contribution in [0, 0.1) is 5.41 Å². The van der Waals surface area contributed by atoms with E-state index in [-0.39, 0.29) is 29.7 Å². The molecule has 2 amide bonds. The lowest BCUT2D eigenvalue weighted by molar-refractivity contribution is -0.0820. The maximum atomic E-state index is 12.0. The quantitative estimate of drug-likeness (QED) is 0.728. The van der Waals surface area contributed by atoms with Gasteiger partial charge in [0.2, 0.25) is 0 Å². The van der Waals surface area contributed by atoms with E-state index < -0.39 is 0 Å². The summed E-state index contributed by atoms with van der Waals surface area (Å²) in [5, 5.41) is 15.0. The largest absolute Gasteiger partial charge is 0.396 e. The van der Waals surface area contributed by atoms with E-state index in [1.54, 1.807) is 0 Å². The third kappa shape index (κ3) is 4.85. The van der Waals surface area contributed by atoms with E-state index in [4.69, 9.17) is 9.84 Å². The highest BCUT2D eigenvalue weighted by Crippen LogP contribution is 2.39. The van der Waals surface area contributed by atoms with Crippen LogP contribution in [0.1, 0.15) is 58.8 Å². The zero-order valence-corrected chi connectivity index (χ0v) is 13.4. The molecule has 3 N–H and O–H groups in total. The summed E-state index contributed by atoms with van der Waals surface area (Å²) < 4.78 is 5.98. The van der Waals surface area contributed by atoms with Crippen molar-refractivity contribution < 1.29 is 14.6 Å². The van der Waals surface area contributed by atoms with Crippen LogP contribution in [-0.2, 0) is 4.74 Å². The van der Waals surface area contributed by atoms with Gasteiger partial charge in [0.1, 0.15) is 0 Å². The van der Waals surface area contributed by atoms with Crippen LogP contribution in [0.15, 0.2) is 0 Å². The molecule has 2 fully saturated rings. The highest BCUT2D eigenvalue weighted by atomic mass is 16.5. The Kier molecular flexibility index (Phi) is 5.49. The molecular weight excluding hydrogens is 268 g/mol. The molecule has 5 nitrogen and oxygen atoms in total. The van der Waals surface area contributed by atoms with E-state index in [1.807, 2.05) is 13.8 Å². The average molecular weight is 298 g/mol. The Balaban J connectivity index is 1.74. The third-order valence-electron chi connectivity index (χ3n) is 4.86. The third-order valence-corrected chi connectivity index (χ3v) is 4.86. The van der Waals surface area contributed by atoms with Crippen molar-refractivity contribution in [2.45, 2.75) is 70.4 Å². The average Bonchev–Trinajstić information content (AvgIpc) is 2.85. The molecule has 21 heavy (non-hydrogen) atoms.